The van der Waals surface area contributed by atoms with Gasteiger partial charge in [0, 0.05) is 0 Å². The maximum atomic E-state index is 2.61. The predicted molar refractivity (Wildman–Crippen MR) is 163 cm³/mol. The van der Waals surface area contributed by atoms with Crippen molar-refractivity contribution in [3.05, 3.63) is 0 Å². The zero-order chi connectivity index (χ0) is 26.3. The van der Waals surface area contributed by atoms with Crippen molar-refractivity contribution < 1.29 is 0 Å². The van der Waals surface area contributed by atoms with Crippen LogP contribution in [0, 0.1) is 16.7 Å². The Balaban J connectivity index is 6.56. The Morgan fingerprint density at radius 2 is 0.686 bits per heavy atom. The van der Waals surface area contributed by atoms with Crippen LogP contribution in [0.2, 0.25) is 0 Å². The standard InChI is InChI=1S/C35H72/c1-8-15-21-27-33(28-22-16-9-2)35(31-25-19-12-5,32-26-20-13-6)34(14-7,29-23-17-10-3)30-24-18-11-4/h33H,8-32H2,1-7H3. The van der Waals surface area contributed by atoms with Gasteiger partial charge in [-0.05, 0) is 61.7 Å². The van der Waals surface area contributed by atoms with Crippen LogP contribution in [0.4, 0.5) is 0 Å². The zero-order valence-electron chi connectivity index (χ0n) is 26.3. The summed E-state index contributed by atoms with van der Waals surface area (Å²) in [6.07, 6.45) is 36.2. The molecule has 0 fully saturated rings. The fraction of sp³-hybridized carbons (Fsp3) is 1.00. The van der Waals surface area contributed by atoms with Crippen molar-refractivity contribution in [2.75, 3.05) is 0 Å². The highest BCUT2D eigenvalue weighted by Crippen LogP contribution is 2.61. The summed E-state index contributed by atoms with van der Waals surface area (Å²) in [5.74, 6) is 0.956. The van der Waals surface area contributed by atoms with Crippen molar-refractivity contribution in [1.82, 2.24) is 0 Å². The summed E-state index contributed by atoms with van der Waals surface area (Å²) in [5, 5.41) is 0. The second-order valence-corrected chi connectivity index (χ2v) is 12.3. The first-order chi connectivity index (χ1) is 17.1. The van der Waals surface area contributed by atoms with E-state index in [1.165, 1.54) is 161 Å². The molecule has 0 bridgehead atoms. The summed E-state index contributed by atoms with van der Waals surface area (Å²) >= 11 is 0. The van der Waals surface area contributed by atoms with Gasteiger partial charge in [0.2, 0.25) is 0 Å². The molecule has 0 unspecified atom stereocenters. The Hall–Kier alpha value is 0. The molecule has 0 aromatic rings. The van der Waals surface area contributed by atoms with Gasteiger partial charge >= 0.3 is 0 Å². The van der Waals surface area contributed by atoms with Gasteiger partial charge < -0.3 is 0 Å². The average Bonchev–Trinajstić information content (AvgIpc) is 2.86. The van der Waals surface area contributed by atoms with Gasteiger partial charge in [-0.1, -0.05) is 164 Å². The van der Waals surface area contributed by atoms with E-state index in [9.17, 15) is 0 Å². The lowest BCUT2D eigenvalue weighted by molar-refractivity contribution is -0.0718. The molecule has 0 spiro atoms. The zero-order valence-corrected chi connectivity index (χ0v) is 26.3. The molecule has 0 saturated heterocycles. The molecule has 0 heteroatoms. The summed E-state index contributed by atoms with van der Waals surface area (Å²) in [4.78, 5) is 0. The van der Waals surface area contributed by atoms with Gasteiger partial charge in [-0.2, -0.15) is 0 Å². The molecule has 0 aromatic heterocycles. The minimum absolute atomic E-state index is 0.571. The molecule has 0 aromatic carbocycles. The average molecular weight is 493 g/mol. The fourth-order valence-electron chi connectivity index (χ4n) is 7.61. The van der Waals surface area contributed by atoms with Crippen LogP contribution in [0.15, 0.2) is 0 Å². The monoisotopic (exact) mass is 493 g/mol. The first-order valence-electron chi connectivity index (χ1n) is 17.1. The molecular formula is C35H72. The van der Waals surface area contributed by atoms with Gasteiger partial charge in [0.25, 0.3) is 0 Å². The van der Waals surface area contributed by atoms with Crippen LogP contribution in [-0.4, -0.2) is 0 Å². The van der Waals surface area contributed by atoms with E-state index < -0.39 is 0 Å². The first kappa shape index (κ1) is 35.0. The lowest BCUT2D eigenvalue weighted by Crippen LogP contribution is -2.48. The maximum Gasteiger partial charge on any atom is -0.0213 e. The Labute approximate surface area is 225 Å². The second kappa shape index (κ2) is 23.1. The highest BCUT2D eigenvalue weighted by atomic mass is 14.6. The molecule has 0 aliphatic rings. The van der Waals surface area contributed by atoms with Gasteiger partial charge in [0.15, 0.2) is 0 Å². The Bertz CT molecular complexity index is 392. The summed E-state index contributed by atoms with van der Waals surface area (Å²) in [6.45, 7) is 17.0. The number of unbranched alkanes of at least 4 members (excludes halogenated alkanes) is 12. The molecule has 0 atom stereocenters. The normalized spacial score (nSPS) is 12.7. The Morgan fingerprint density at radius 3 is 1.00 bits per heavy atom. The summed E-state index contributed by atoms with van der Waals surface area (Å²) in [7, 11) is 0. The molecule has 0 heterocycles. The van der Waals surface area contributed by atoms with Crippen LogP contribution < -0.4 is 0 Å². The first-order valence-corrected chi connectivity index (χ1v) is 17.1. The second-order valence-electron chi connectivity index (χ2n) is 12.3. The van der Waals surface area contributed by atoms with Crippen molar-refractivity contribution in [1.29, 1.82) is 0 Å². The minimum atomic E-state index is 0.571. The molecule has 0 aliphatic carbocycles. The Morgan fingerprint density at radius 1 is 0.371 bits per heavy atom. The van der Waals surface area contributed by atoms with Gasteiger partial charge in [-0.15, -0.1) is 0 Å². The largest absolute Gasteiger partial charge is 0.0654 e. The smallest absolute Gasteiger partial charge is 0.0213 e. The van der Waals surface area contributed by atoms with E-state index in [0.29, 0.717) is 10.8 Å². The van der Waals surface area contributed by atoms with Crippen molar-refractivity contribution in [2.24, 2.45) is 16.7 Å². The molecule has 0 saturated carbocycles. The SMILES string of the molecule is CCCCCC(CCCCC)C(CCCCC)(CCCCC)C(CC)(CCCCC)CCCCC. The molecule has 0 aliphatic heterocycles. The summed E-state index contributed by atoms with van der Waals surface area (Å²) in [6, 6.07) is 0. The number of hydrogen-bond donors (Lipinski definition) is 0. The fourth-order valence-corrected chi connectivity index (χ4v) is 7.61. The summed E-state index contributed by atoms with van der Waals surface area (Å²) < 4.78 is 0. The molecule has 0 N–H and O–H groups in total. The van der Waals surface area contributed by atoms with Crippen LogP contribution in [0.3, 0.4) is 0 Å². The van der Waals surface area contributed by atoms with Gasteiger partial charge in [-0.3, -0.25) is 0 Å². The van der Waals surface area contributed by atoms with Gasteiger partial charge in [0.05, 0.1) is 0 Å². The molecular weight excluding hydrogens is 420 g/mol. The lowest BCUT2D eigenvalue weighted by Gasteiger charge is -2.57. The molecule has 0 radical (unpaired) electrons. The van der Waals surface area contributed by atoms with E-state index in [4.69, 9.17) is 0 Å². The van der Waals surface area contributed by atoms with Crippen molar-refractivity contribution in [3.63, 3.8) is 0 Å². The predicted octanol–water partition coefficient (Wildman–Crippen LogP) is 13.5. The Kier molecular flexibility index (Phi) is 23.1. The van der Waals surface area contributed by atoms with Crippen LogP contribution in [0.5, 0.6) is 0 Å². The van der Waals surface area contributed by atoms with E-state index >= 15 is 0 Å². The topological polar surface area (TPSA) is 0 Å². The van der Waals surface area contributed by atoms with Crippen LogP contribution in [0.25, 0.3) is 0 Å². The van der Waals surface area contributed by atoms with E-state index in [1.807, 2.05) is 0 Å². The van der Waals surface area contributed by atoms with Crippen LogP contribution in [-0.2, 0) is 0 Å². The van der Waals surface area contributed by atoms with Gasteiger partial charge in [-0.25, -0.2) is 0 Å². The van der Waals surface area contributed by atoms with E-state index in [1.54, 1.807) is 0 Å². The van der Waals surface area contributed by atoms with E-state index in [2.05, 4.69) is 48.5 Å². The summed E-state index contributed by atoms with van der Waals surface area (Å²) in [5.41, 5.74) is 1.15. The van der Waals surface area contributed by atoms with E-state index in [0.717, 1.165) is 5.92 Å². The number of rotatable bonds is 27. The van der Waals surface area contributed by atoms with E-state index in [-0.39, 0.29) is 0 Å². The number of hydrogen-bond acceptors (Lipinski definition) is 0. The third kappa shape index (κ3) is 12.9. The third-order valence-corrected chi connectivity index (χ3v) is 9.80. The molecule has 0 amide bonds. The highest BCUT2D eigenvalue weighted by Gasteiger charge is 2.51. The van der Waals surface area contributed by atoms with Crippen LogP contribution >= 0.6 is 0 Å². The van der Waals surface area contributed by atoms with Crippen molar-refractivity contribution in [3.8, 4) is 0 Å². The molecule has 0 rings (SSSR count). The van der Waals surface area contributed by atoms with Crippen LogP contribution in [0.1, 0.15) is 209 Å². The molecule has 35 heavy (non-hydrogen) atoms. The van der Waals surface area contributed by atoms with Gasteiger partial charge in [0.1, 0.15) is 0 Å². The highest BCUT2D eigenvalue weighted by molar-refractivity contribution is 5.01. The minimum Gasteiger partial charge on any atom is -0.0654 e. The maximum absolute atomic E-state index is 2.61. The molecule has 212 valence electrons. The lowest BCUT2D eigenvalue weighted by atomic mass is 9.48. The van der Waals surface area contributed by atoms with Crippen molar-refractivity contribution in [2.45, 2.75) is 209 Å². The molecule has 0 nitrogen and oxygen atoms in total. The quantitative estimate of drug-likeness (QED) is 0.1000. The third-order valence-electron chi connectivity index (χ3n) is 9.80. The van der Waals surface area contributed by atoms with Crippen molar-refractivity contribution >= 4 is 0 Å².